The summed E-state index contributed by atoms with van der Waals surface area (Å²) in [6.45, 7) is 0. The van der Waals surface area contributed by atoms with Crippen molar-refractivity contribution in [2.75, 3.05) is 11.2 Å². The fourth-order valence-electron chi connectivity index (χ4n) is 4.51. The van der Waals surface area contributed by atoms with E-state index in [1.54, 1.807) is 12.1 Å². The van der Waals surface area contributed by atoms with Crippen LogP contribution in [0.25, 0.3) is 0 Å². The van der Waals surface area contributed by atoms with E-state index in [2.05, 4.69) is 0 Å². The van der Waals surface area contributed by atoms with E-state index < -0.39 is 9.84 Å². The minimum atomic E-state index is -3.28. The Morgan fingerprint density at radius 2 is 1.45 bits per heavy atom. The van der Waals surface area contributed by atoms with Crippen molar-refractivity contribution in [3.8, 4) is 0 Å². The lowest BCUT2D eigenvalue weighted by Crippen LogP contribution is -2.32. The SMILES string of the molecule is CS(=O)(=O)c1ccc(N2C(=O)[C@@H]3[C@@H]4CC[C@@H](C4)[C@@H]3C2=O)cc1. The molecule has 22 heavy (non-hydrogen) atoms. The molecule has 116 valence electrons. The summed E-state index contributed by atoms with van der Waals surface area (Å²) in [6.07, 6.45) is 4.24. The standard InChI is InChI=1S/C16H17NO4S/c1-22(20,21)12-6-4-11(5-7-12)17-15(18)13-9-2-3-10(8-9)14(13)16(17)19/h4-7,9-10,13-14H,2-3,8H2,1H3/t9-,10+,13-,14+. The van der Waals surface area contributed by atoms with Crippen molar-refractivity contribution in [2.45, 2.75) is 24.2 Å². The zero-order valence-corrected chi connectivity index (χ0v) is 13.0. The molecule has 2 bridgehead atoms. The summed E-state index contributed by atoms with van der Waals surface area (Å²) < 4.78 is 23.0. The van der Waals surface area contributed by atoms with Gasteiger partial charge in [-0.1, -0.05) is 0 Å². The lowest BCUT2D eigenvalue weighted by atomic mass is 9.81. The lowest BCUT2D eigenvalue weighted by molar-refractivity contribution is -0.123. The van der Waals surface area contributed by atoms with Gasteiger partial charge in [-0.05, 0) is 55.4 Å². The zero-order valence-electron chi connectivity index (χ0n) is 12.2. The molecule has 1 saturated heterocycles. The van der Waals surface area contributed by atoms with Crippen LogP contribution in [0.1, 0.15) is 19.3 Å². The van der Waals surface area contributed by atoms with Crippen molar-refractivity contribution in [3.05, 3.63) is 24.3 Å². The number of carbonyl (C=O) groups is 2. The molecule has 1 heterocycles. The minimum Gasteiger partial charge on any atom is -0.274 e. The third-order valence-corrected chi connectivity index (χ3v) is 6.58. The van der Waals surface area contributed by atoms with Crippen molar-refractivity contribution in [1.82, 2.24) is 0 Å². The van der Waals surface area contributed by atoms with Gasteiger partial charge < -0.3 is 0 Å². The van der Waals surface area contributed by atoms with E-state index in [9.17, 15) is 18.0 Å². The van der Waals surface area contributed by atoms with Gasteiger partial charge >= 0.3 is 0 Å². The molecule has 0 spiro atoms. The smallest absolute Gasteiger partial charge is 0.237 e. The number of hydrogen-bond acceptors (Lipinski definition) is 4. The largest absolute Gasteiger partial charge is 0.274 e. The van der Waals surface area contributed by atoms with E-state index in [0.717, 1.165) is 25.5 Å². The molecule has 2 amide bonds. The Morgan fingerprint density at radius 1 is 0.955 bits per heavy atom. The molecule has 5 nitrogen and oxygen atoms in total. The van der Waals surface area contributed by atoms with Crippen LogP contribution in [-0.2, 0) is 19.4 Å². The van der Waals surface area contributed by atoms with Crippen LogP contribution >= 0.6 is 0 Å². The number of nitrogens with zero attached hydrogens (tertiary/aromatic N) is 1. The van der Waals surface area contributed by atoms with Crippen LogP contribution < -0.4 is 4.90 Å². The van der Waals surface area contributed by atoms with Crippen LogP contribution in [0, 0.1) is 23.7 Å². The van der Waals surface area contributed by atoms with Gasteiger partial charge in [-0.15, -0.1) is 0 Å². The maximum atomic E-state index is 12.7. The van der Waals surface area contributed by atoms with Crippen LogP contribution in [0.2, 0.25) is 0 Å². The Kier molecular flexibility index (Phi) is 2.79. The Labute approximate surface area is 129 Å². The molecule has 0 unspecified atom stereocenters. The monoisotopic (exact) mass is 319 g/mol. The van der Waals surface area contributed by atoms with Crippen molar-refractivity contribution in [2.24, 2.45) is 23.7 Å². The molecule has 0 N–H and O–H groups in total. The maximum Gasteiger partial charge on any atom is 0.237 e. The predicted molar refractivity (Wildman–Crippen MR) is 79.9 cm³/mol. The Bertz CT molecular complexity index is 740. The highest BCUT2D eigenvalue weighted by atomic mass is 32.2. The number of fused-ring (bicyclic) bond motifs is 5. The normalized spacial score (nSPS) is 33.6. The summed E-state index contributed by atoms with van der Waals surface area (Å²) in [5, 5.41) is 0. The Balaban J connectivity index is 1.69. The summed E-state index contributed by atoms with van der Waals surface area (Å²) >= 11 is 0. The van der Waals surface area contributed by atoms with E-state index >= 15 is 0 Å². The topological polar surface area (TPSA) is 71.5 Å². The molecule has 0 radical (unpaired) electrons. The quantitative estimate of drug-likeness (QED) is 0.777. The van der Waals surface area contributed by atoms with Crippen molar-refractivity contribution >= 4 is 27.3 Å². The fraction of sp³-hybridized carbons (Fsp3) is 0.500. The maximum absolute atomic E-state index is 12.7. The second kappa shape index (κ2) is 4.41. The van der Waals surface area contributed by atoms with E-state index in [-0.39, 0.29) is 28.5 Å². The van der Waals surface area contributed by atoms with Crippen LogP contribution in [0.4, 0.5) is 5.69 Å². The van der Waals surface area contributed by atoms with Gasteiger partial charge in [0.1, 0.15) is 0 Å². The molecule has 1 aromatic rings. The van der Waals surface area contributed by atoms with Gasteiger partial charge in [0.05, 0.1) is 22.4 Å². The highest BCUT2D eigenvalue weighted by Gasteiger charge is 2.61. The third kappa shape index (κ3) is 1.79. The Morgan fingerprint density at radius 3 is 1.91 bits per heavy atom. The van der Waals surface area contributed by atoms with Crippen molar-refractivity contribution in [3.63, 3.8) is 0 Å². The summed E-state index contributed by atoms with van der Waals surface area (Å²) in [5.41, 5.74) is 0.483. The summed E-state index contributed by atoms with van der Waals surface area (Å²) in [7, 11) is -3.28. The first-order valence-corrected chi connectivity index (χ1v) is 9.45. The van der Waals surface area contributed by atoms with E-state index in [0.29, 0.717) is 17.5 Å². The molecule has 3 fully saturated rings. The summed E-state index contributed by atoms with van der Waals surface area (Å²) in [4.78, 5) is 26.8. The van der Waals surface area contributed by atoms with E-state index in [4.69, 9.17) is 0 Å². The van der Waals surface area contributed by atoms with Crippen molar-refractivity contribution < 1.29 is 18.0 Å². The molecule has 1 aliphatic heterocycles. The van der Waals surface area contributed by atoms with Gasteiger partial charge in [0.25, 0.3) is 0 Å². The third-order valence-electron chi connectivity index (χ3n) is 5.45. The van der Waals surface area contributed by atoms with E-state index in [1.165, 1.54) is 17.0 Å². The van der Waals surface area contributed by atoms with Crippen LogP contribution in [-0.4, -0.2) is 26.5 Å². The predicted octanol–water partition coefficient (Wildman–Crippen LogP) is 1.63. The molecule has 2 saturated carbocycles. The molecule has 1 aromatic carbocycles. The minimum absolute atomic E-state index is 0.102. The molecule has 4 rings (SSSR count). The molecular formula is C16H17NO4S. The van der Waals surface area contributed by atoms with Gasteiger partial charge in [0.2, 0.25) is 11.8 Å². The molecule has 6 heteroatoms. The molecular weight excluding hydrogens is 302 g/mol. The number of anilines is 1. The number of benzene rings is 1. The average molecular weight is 319 g/mol. The lowest BCUT2D eigenvalue weighted by Gasteiger charge is -2.19. The van der Waals surface area contributed by atoms with Crippen LogP contribution in [0.15, 0.2) is 29.2 Å². The van der Waals surface area contributed by atoms with Gasteiger partial charge in [-0.2, -0.15) is 0 Å². The zero-order chi connectivity index (χ0) is 15.6. The first-order valence-electron chi connectivity index (χ1n) is 7.56. The second-order valence-electron chi connectivity index (χ2n) is 6.66. The average Bonchev–Trinajstić information content (AvgIpc) is 3.12. The second-order valence-corrected chi connectivity index (χ2v) is 8.68. The highest BCUT2D eigenvalue weighted by molar-refractivity contribution is 7.90. The van der Waals surface area contributed by atoms with Crippen LogP contribution in [0.3, 0.4) is 0 Å². The summed E-state index contributed by atoms with van der Waals surface area (Å²) in [5.74, 6) is 0.198. The number of imide groups is 1. The van der Waals surface area contributed by atoms with Crippen LogP contribution in [0.5, 0.6) is 0 Å². The highest BCUT2D eigenvalue weighted by Crippen LogP contribution is 2.56. The number of sulfone groups is 1. The van der Waals surface area contributed by atoms with E-state index in [1.807, 2.05) is 0 Å². The molecule has 2 aliphatic carbocycles. The number of carbonyl (C=O) groups excluding carboxylic acids is 2. The van der Waals surface area contributed by atoms with Crippen molar-refractivity contribution in [1.29, 1.82) is 0 Å². The molecule has 3 aliphatic rings. The fourth-order valence-corrected chi connectivity index (χ4v) is 5.14. The van der Waals surface area contributed by atoms with Gasteiger partial charge in [-0.3, -0.25) is 14.5 Å². The first-order chi connectivity index (χ1) is 10.4. The van der Waals surface area contributed by atoms with Gasteiger partial charge in [0, 0.05) is 6.26 Å². The van der Waals surface area contributed by atoms with Gasteiger partial charge in [0.15, 0.2) is 9.84 Å². The first kappa shape index (κ1) is 13.9. The number of amides is 2. The Hall–Kier alpha value is -1.69. The molecule has 4 atom stereocenters. The van der Waals surface area contributed by atoms with Gasteiger partial charge in [-0.25, -0.2) is 8.42 Å². The number of hydrogen-bond donors (Lipinski definition) is 0. The number of rotatable bonds is 2. The summed E-state index contributed by atoms with van der Waals surface area (Å²) in [6, 6.07) is 6.01. The molecule has 0 aromatic heterocycles.